The van der Waals surface area contributed by atoms with Crippen molar-refractivity contribution in [1.29, 1.82) is 0 Å². The van der Waals surface area contributed by atoms with Crippen LogP contribution in [0.5, 0.6) is 11.5 Å². The van der Waals surface area contributed by atoms with Gasteiger partial charge in [0.2, 0.25) is 0 Å². The molecule has 0 radical (unpaired) electrons. The summed E-state index contributed by atoms with van der Waals surface area (Å²) in [5.41, 5.74) is 1.42. The predicted octanol–water partition coefficient (Wildman–Crippen LogP) is 8.06. The molecule has 4 aromatic rings. The number of hydrogen-bond acceptors (Lipinski definition) is 9. The second-order valence-corrected chi connectivity index (χ2v) is 16.1. The van der Waals surface area contributed by atoms with Gasteiger partial charge in [0.05, 0.1) is 45.5 Å². The molecule has 2 N–H and O–H groups in total. The number of phenols is 1. The van der Waals surface area contributed by atoms with E-state index >= 15 is 4.79 Å². The molecular formula is C40H30BrCl2F4N5O6. The number of halogens is 7. The lowest BCUT2D eigenvalue weighted by molar-refractivity contribution is -0.142. The molecule has 3 heterocycles. The summed E-state index contributed by atoms with van der Waals surface area (Å²) in [5.74, 6) is -9.30. The molecule has 3 fully saturated rings. The van der Waals surface area contributed by atoms with Crippen LogP contribution in [0.4, 0.5) is 29.1 Å². The number of nitrogens with zero attached hydrogens (tertiary/aromatic N) is 4. The van der Waals surface area contributed by atoms with Gasteiger partial charge in [-0.2, -0.15) is 23.2 Å². The van der Waals surface area contributed by atoms with Gasteiger partial charge in [-0.05, 0) is 106 Å². The number of methoxy groups -OCH3 is 1. The molecule has 1 aromatic heterocycles. The Morgan fingerprint density at radius 2 is 1.66 bits per heavy atom. The first kappa shape index (κ1) is 39.6. The number of aromatic hydroxyl groups is 1. The highest BCUT2D eigenvalue weighted by atomic mass is 79.9. The molecule has 3 aromatic carbocycles. The number of allylic oxidation sites excluding steroid dienone is 2. The van der Waals surface area contributed by atoms with E-state index in [-0.39, 0.29) is 39.5 Å². The molecule has 2 saturated heterocycles. The first-order valence-corrected chi connectivity index (χ1v) is 19.3. The standard InChI is InChI=1S/C40H30BrCl2F4N5O6/c1-50(34-28(43)13-14-30(48-34)40(45,46)47)52-35(54)24-12-11-23-25(31(24)37(52)56)17-26-36(55)51(49-22-9-7-21(44)8-10-22)38(57)39(26,19-3-5-20(42)6-4-19)32(23)18-15-27(41)33(53)29(16-18)58-2/h3-11,13-16,24-26,31-32,49,53H,12,17H2,1-2H3. The number of amides is 4. The lowest BCUT2D eigenvalue weighted by Crippen LogP contribution is -2.53. The van der Waals surface area contributed by atoms with Crippen LogP contribution in [0.15, 0.2) is 88.9 Å². The Kier molecular flexibility index (Phi) is 9.75. The van der Waals surface area contributed by atoms with Crippen molar-refractivity contribution in [2.75, 3.05) is 24.6 Å². The molecular weight excluding hydrogens is 873 g/mol. The van der Waals surface area contributed by atoms with Gasteiger partial charge in [0.1, 0.15) is 11.5 Å². The number of carbonyl (C=O) groups is 4. The molecule has 2 aliphatic heterocycles. The number of aromatic nitrogens is 1. The minimum Gasteiger partial charge on any atom is -0.503 e. The van der Waals surface area contributed by atoms with E-state index in [1.54, 1.807) is 36.4 Å². The number of anilines is 2. The summed E-state index contributed by atoms with van der Waals surface area (Å²) in [4.78, 5) is 62.7. The summed E-state index contributed by atoms with van der Waals surface area (Å²) in [7, 11) is 2.55. The second kappa shape index (κ2) is 14.3. The van der Waals surface area contributed by atoms with Crippen LogP contribution in [-0.2, 0) is 30.8 Å². The van der Waals surface area contributed by atoms with Crippen molar-refractivity contribution < 1.29 is 46.6 Å². The number of hydrogen-bond donors (Lipinski definition) is 2. The zero-order valence-electron chi connectivity index (χ0n) is 30.2. The molecule has 4 amide bonds. The van der Waals surface area contributed by atoms with Crippen molar-refractivity contribution in [3.8, 4) is 11.5 Å². The first-order valence-electron chi connectivity index (χ1n) is 17.8. The van der Waals surface area contributed by atoms with E-state index in [1.165, 1.54) is 32.4 Å². The van der Waals surface area contributed by atoms with Crippen molar-refractivity contribution in [2.24, 2.45) is 23.7 Å². The van der Waals surface area contributed by atoms with Crippen molar-refractivity contribution in [1.82, 2.24) is 15.0 Å². The zero-order chi connectivity index (χ0) is 41.6. The largest absolute Gasteiger partial charge is 0.503 e. The maximum atomic E-state index is 15.3. The van der Waals surface area contributed by atoms with Gasteiger partial charge in [0.25, 0.3) is 23.6 Å². The van der Waals surface area contributed by atoms with Gasteiger partial charge in [-0.3, -0.25) is 29.6 Å². The fourth-order valence-electron chi connectivity index (χ4n) is 9.14. The number of nitrogens with one attached hydrogen (secondary N) is 1. The summed E-state index contributed by atoms with van der Waals surface area (Å²) in [6.07, 6.45) is -3.21. The number of fused-ring (bicyclic) bond motifs is 4. The van der Waals surface area contributed by atoms with Crippen molar-refractivity contribution >= 4 is 74.3 Å². The zero-order valence-corrected chi connectivity index (χ0v) is 33.3. The number of phenolic OH excluding ortho intramolecular Hbond substituents is 1. The second-order valence-electron chi connectivity index (χ2n) is 14.4. The van der Waals surface area contributed by atoms with Gasteiger partial charge in [-0.25, -0.2) is 9.37 Å². The molecule has 6 atom stereocenters. The van der Waals surface area contributed by atoms with Gasteiger partial charge >= 0.3 is 6.18 Å². The molecule has 300 valence electrons. The number of pyridine rings is 1. The van der Waals surface area contributed by atoms with E-state index in [4.69, 9.17) is 27.9 Å². The molecule has 11 nitrogen and oxygen atoms in total. The summed E-state index contributed by atoms with van der Waals surface area (Å²) >= 11 is 16.0. The Morgan fingerprint density at radius 3 is 2.31 bits per heavy atom. The fourth-order valence-corrected chi connectivity index (χ4v) is 9.95. The van der Waals surface area contributed by atoms with E-state index in [2.05, 4.69) is 26.3 Å². The third-order valence-corrected chi connectivity index (χ3v) is 12.7. The number of carbonyl (C=O) groups excluding carboxylic acids is 4. The van der Waals surface area contributed by atoms with Gasteiger partial charge in [0, 0.05) is 18.0 Å². The number of rotatable bonds is 7. The number of imide groups is 2. The molecule has 58 heavy (non-hydrogen) atoms. The van der Waals surface area contributed by atoms with Crippen LogP contribution < -0.4 is 15.2 Å². The Bertz CT molecular complexity index is 2440. The Labute approximate surface area is 346 Å². The number of benzene rings is 3. The minimum absolute atomic E-state index is 0.0108. The summed E-state index contributed by atoms with van der Waals surface area (Å²) < 4.78 is 60.8. The van der Waals surface area contributed by atoms with E-state index < -0.39 is 82.1 Å². The highest BCUT2D eigenvalue weighted by Crippen LogP contribution is 2.65. The Morgan fingerprint density at radius 1 is 0.966 bits per heavy atom. The Balaban J connectivity index is 1.30. The monoisotopic (exact) mass is 901 g/mol. The smallest absolute Gasteiger partial charge is 0.433 e. The lowest BCUT2D eigenvalue weighted by atomic mass is 9.49. The fraction of sp³-hybridized carbons (Fsp3) is 0.275. The van der Waals surface area contributed by atoms with Crippen LogP contribution in [0.2, 0.25) is 10.0 Å². The number of hydrazine groups is 2. The average molecular weight is 904 g/mol. The van der Waals surface area contributed by atoms with Crippen LogP contribution in [0.25, 0.3) is 0 Å². The van der Waals surface area contributed by atoms with Crippen LogP contribution in [-0.4, -0.2) is 57.9 Å². The van der Waals surface area contributed by atoms with Gasteiger partial charge in [-0.1, -0.05) is 47.0 Å². The molecule has 18 heteroatoms. The van der Waals surface area contributed by atoms with Crippen LogP contribution in [0.3, 0.4) is 0 Å². The van der Waals surface area contributed by atoms with Crippen LogP contribution >= 0.6 is 39.1 Å². The summed E-state index contributed by atoms with van der Waals surface area (Å²) in [6.45, 7) is 0. The molecule has 0 spiro atoms. The number of ether oxygens (including phenoxy) is 1. The van der Waals surface area contributed by atoms with Crippen molar-refractivity contribution in [2.45, 2.75) is 30.4 Å². The average Bonchev–Trinajstić information content (AvgIpc) is 3.57. The predicted molar refractivity (Wildman–Crippen MR) is 206 cm³/mol. The molecule has 8 rings (SSSR count). The lowest BCUT2D eigenvalue weighted by Gasteiger charge is -2.50. The van der Waals surface area contributed by atoms with Crippen LogP contribution in [0.1, 0.15) is 35.6 Å². The summed E-state index contributed by atoms with van der Waals surface area (Å²) in [6, 6.07) is 16.3. The van der Waals surface area contributed by atoms with Gasteiger partial charge in [0.15, 0.2) is 17.3 Å². The SMILES string of the molecule is COc1cc(C2C3=CCC4C(=O)N(N(C)c5nc(C(F)(F)F)ccc5Cl)C(=O)C4C3CC3C(=O)N(Nc4ccc(F)cc4)C(=O)C32c2ccc(Cl)cc2)cc(Br)c1O. The van der Waals surface area contributed by atoms with E-state index in [9.17, 15) is 37.1 Å². The minimum atomic E-state index is -4.85. The molecule has 4 aliphatic rings. The van der Waals surface area contributed by atoms with Crippen LogP contribution in [0, 0.1) is 29.5 Å². The Hall–Kier alpha value is -5.19. The van der Waals surface area contributed by atoms with E-state index in [0.29, 0.717) is 27.8 Å². The van der Waals surface area contributed by atoms with E-state index in [1.807, 2.05) is 0 Å². The van der Waals surface area contributed by atoms with E-state index in [0.717, 1.165) is 33.2 Å². The first-order chi connectivity index (χ1) is 27.5. The van der Waals surface area contributed by atoms with Gasteiger partial charge < -0.3 is 9.84 Å². The maximum Gasteiger partial charge on any atom is 0.433 e. The van der Waals surface area contributed by atoms with Gasteiger partial charge in [-0.15, -0.1) is 0 Å². The molecule has 2 aliphatic carbocycles. The quantitative estimate of drug-likeness (QED) is 0.107. The summed E-state index contributed by atoms with van der Waals surface area (Å²) in [5, 5.41) is 13.5. The topological polar surface area (TPSA) is 132 Å². The molecule has 0 bridgehead atoms. The van der Waals surface area contributed by atoms with Crippen molar-refractivity contribution in [3.63, 3.8) is 0 Å². The number of alkyl halides is 3. The maximum absolute atomic E-state index is 15.3. The highest BCUT2D eigenvalue weighted by Gasteiger charge is 2.70. The van der Waals surface area contributed by atoms with Crippen molar-refractivity contribution in [3.05, 3.63) is 122 Å². The normalized spacial score (nSPS) is 25.3. The highest BCUT2D eigenvalue weighted by molar-refractivity contribution is 9.10. The third kappa shape index (κ3) is 6.01. The molecule has 1 saturated carbocycles. The third-order valence-electron chi connectivity index (χ3n) is 11.6. The molecule has 6 unspecified atom stereocenters.